The molecule has 2 nitrogen and oxygen atoms in total. The standard InChI is InChI=1S/C48H28O2/c1-2-10-30(11-3-1)45-36-13-4-6-15-38(36)46(39-16-7-5-14-37(39)45)31-20-18-29(19-21-31)32-22-23-33-28-44-42(27-34(33)26-32)41-25-24-40-35-12-8-9-17-43(35)49-47(40)48(41)50-44/h1-28H. The molecule has 9 aromatic carbocycles. The van der Waals surface area contributed by atoms with Crippen molar-refractivity contribution >= 4 is 76.2 Å². The zero-order valence-electron chi connectivity index (χ0n) is 27.0. The van der Waals surface area contributed by atoms with Gasteiger partial charge in [0.1, 0.15) is 11.2 Å². The molecule has 0 aliphatic carbocycles. The molecule has 0 N–H and O–H groups in total. The summed E-state index contributed by atoms with van der Waals surface area (Å²) in [6.45, 7) is 0. The van der Waals surface area contributed by atoms with Crippen molar-refractivity contribution < 1.29 is 8.83 Å². The topological polar surface area (TPSA) is 26.3 Å². The van der Waals surface area contributed by atoms with Crippen molar-refractivity contribution in [2.24, 2.45) is 0 Å². The number of hydrogen-bond acceptors (Lipinski definition) is 2. The lowest BCUT2D eigenvalue weighted by Gasteiger charge is -2.18. The van der Waals surface area contributed by atoms with E-state index in [0.29, 0.717) is 0 Å². The smallest absolute Gasteiger partial charge is 0.178 e. The highest BCUT2D eigenvalue weighted by atomic mass is 16.4. The zero-order chi connectivity index (χ0) is 32.8. The van der Waals surface area contributed by atoms with Crippen LogP contribution in [0.5, 0.6) is 0 Å². The quantitative estimate of drug-likeness (QED) is 0.180. The van der Waals surface area contributed by atoms with Gasteiger partial charge in [0.25, 0.3) is 0 Å². The van der Waals surface area contributed by atoms with Gasteiger partial charge in [-0.25, -0.2) is 0 Å². The van der Waals surface area contributed by atoms with Crippen molar-refractivity contribution in [1.29, 1.82) is 0 Å². The molecule has 0 fully saturated rings. The van der Waals surface area contributed by atoms with Crippen LogP contribution < -0.4 is 0 Å². The monoisotopic (exact) mass is 636 g/mol. The van der Waals surface area contributed by atoms with Gasteiger partial charge in [0.15, 0.2) is 11.2 Å². The Balaban J connectivity index is 1.03. The Labute approximate surface area is 287 Å². The molecule has 0 bridgehead atoms. The molecule has 2 aromatic heterocycles. The van der Waals surface area contributed by atoms with Crippen molar-refractivity contribution in [2.45, 2.75) is 0 Å². The summed E-state index contributed by atoms with van der Waals surface area (Å²) in [4.78, 5) is 0. The van der Waals surface area contributed by atoms with Crippen LogP contribution in [0.25, 0.3) is 110 Å². The Bertz CT molecular complexity index is 3070. The van der Waals surface area contributed by atoms with Crippen LogP contribution in [0.2, 0.25) is 0 Å². The van der Waals surface area contributed by atoms with Crippen LogP contribution in [-0.2, 0) is 0 Å². The number of para-hydroxylation sites is 1. The van der Waals surface area contributed by atoms with E-state index in [1.54, 1.807) is 0 Å². The maximum atomic E-state index is 6.47. The van der Waals surface area contributed by atoms with Gasteiger partial charge >= 0.3 is 0 Å². The molecule has 0 radical (unpaired) electrons. The molecular weight excluding hydrogens is 609 g/mol. The van der Waals surface area contributed by atoms with Gasteiger partial charge < -0.3 is 8.83 Å². The van der Waals surface area contributed by atoms with E-state index in [1.165, 1.54) is 60.3 Å². The van der Waals surface area contributed by atoms with Gasteiger partial charge in [0.05, 0.1) is 0 Å². The third-order valence-electron chi connectivity index (χ3n) is 10.4. The molecule has 11 rings (SSSR count). The van der Waals surface area contributed by atoms with E-state index in [2.05, 4.69) is 152 Å². The Morgan fingerprint density at radius 2 is 0.760 bits per heavy atom. The second-order valence-corrected chi connectivity index (χ2v) is 13.2. The number of rotatable bonds is 3. The first kappa shape index (κ1) is 27.3. The van der Waals surface area contributed by atoms with Crippen LogP contribution in [0.4, 0.5) is 0 Å². The lowest BCUT2D eigenvalue weighted by atomic mass is 9.85. The summed E-state index contributed by atoms with van der Waals surface area (Å²) in [6.07, 6.45) is 0. The number of furan rings is 2. The molecule has 0 aliphatic rings. The minimum absolute atomic E-state index is 0.802. The van der Waals surface area contributed by atoms with E-state index >= 15 is 0 Å². The summed E-state index contributed by atoms with van der Waals surface area (Å²) in [7, 11) is 0. The van der Waals surface area contributed by atoms with Crippen molar-refractivity contribution in [1.82, 2.24) is 0 Å². The fourth-order valence-corrected chi connectivity index (χ4v) is 8.12. The first-order chi connectivity index (χ1) is 24.8. The van der Waals surface area contributed by atoms with Gasteiger partial charge in [0.2, 0.25) is 0 Å². The maximum absolute atomic E-state index is 6.47. The third-order valence-corrected chi connectivity index (χ3v) is 10.4. The molecule has 0 saturated heterocycles. The summed E-state index contributed by atoms with van der Waals surface area (Å²) >= 11 is 0. The first-order valence-electron chi connectivity index (χ1n) is 17.1. The maximum Gasteiger partial charge on any atom is 0.178 e. The highest BCUT2D eigenvalue weighted by molar-refractivity contribution is 6.22. The van der Waals surface area contributed by atoms with Gasteiger partial charge in [-0.05, 0) is 102 Å². The molecule has 0 atom stereocenters. The fourth-order valence-electron chi connectivity index (χ4n) is 8.12. The van der Waals surface area contributed by atoms with Gasteiger partial charge in [0, 0.05) is 21.5 Å². The van der Waals surface area contributed by atoms with Crippen molar-refractivity contribution in [3.05, 3.63) is 170 Å². The predicted octanol–water partition coefficient (Wildman–Crippen LogP) is 13.9. The highest BCUT2D eigenvalue weighted by Crippen LogP contribution is 2.44. The zero-order valence-corrected chi connectivity index (χ0v) is 27.0. The highest BCUT2D eigenvalue weighted by Gasteiger charge is 2.18. The number of hydrogen-bond donors (Lipinski definition) is 0. The van der Waals surface area contributed by atoms with Gasteiger partial charge in [-0.1, -0.05) is 133 Å². The number of benzene rings is 9. The van der Waals surface area contributed by atoms with E-state index in [1.807, 2.05) is 18.2 Å². The SMILES string of the molecule is c1ccc(-c2c3ccccc3c(-c3ccc(-c4ccc5cc6oc7c(ccc8c9ccccc9oc87)c6cc5c4)cc3)c3ccccc23)cc1. The van der Waals surface area contributed by atoms with Crippen LogP contribution in [0.1, 0.15) is 0 Å². The Morgan fingerprint density at radius 3 is 1.42 bits per heavy atom. The van der Waals surface area contributed by atoms with Crippen LogP contribution >= 0.6 is 0 Å². The average Bonchev–Trinajstić information content (AvgIpc) is 3.74. The van der Waals surface area contributed by atoms with Crippen LogP contribution in [0, 0.1) is 0 Å². The predicted molar refractivity (Wildman–Crippen MR) is 210 cm³/mol. The summed E-state index contributed by atoms with van der Waals surface area (Å²) in [5.41, 5.74) is 10.7. The van der Waals surface area contributed by atoms with Crippen molar-refractivity contribution in [3.8, 4) is 33.4 Å². The van der Waals surface area contributed by atoms with E-state index in [0.717, 1.165) is 49.3 Å². The Hall–Kier alpha value is -6.64. The average molecular weight is 637 g/mol. The van der Waals surface area contributed by atoms with E-state index in [-0.39, 0.29) is 0 Å². The molecule has 50 heavy (non-hydrogen) atoms. The van der Waals surface area contributed by atoms with Crippen LogP contribution in [0.15, 0.2) is 179 Å². The first-order valence-corrected chi connectivity index (χ1v) is 17.1. The molecule has 232 valence electrons. The number of fused-ring (bicyclic) bond motifs is 10. The molecule has 0 aliphatic heterocycles. The molecule has 2 heterocycles. The molecule has 0 spiro atoms. The van der Waals surface area contributed by atoms with Gasteiger partial charge in [-0.15, -0.1) is 0 Å². The fraction of sp³-hybridized carbons (Fsp3) is 0. The Kier molecular flexibility index (Phi) is 5.70. The normalized spacial score (nSPS) is 12.0. The minimum atomic E-state index is 0.802. The minimum Gasteiger partial charge on any atom is -0.452 e. The van der Waals surface area contributed by atoms with Crippen molar-refractivity contribution in [3.63, 3.8) is 0 Å². The Morgan fingerprint density at radius 1 is 0.260 bits per heavy atom. The van der Waals surface area contributed by atoms with Crippen LogP contribution in [0.3, 0.4) is 0 Å². The van der Waals surface area contributed by atoms with E-state index in [4.69, 9.17) is 8.83 Å². The molecule has 0 saturated carbocycles. The third kappa shape index (κ3) is 3.96. The molecule has 0 amide bonds. The lowest BCUT2D eigenvalue weighted by molar-refractivity contribution is 0.633. The van der Waals surface area contributed by atoms with E-state index < -0.39 is 0 Å². The van der Waals surface area contributed by atoms with Gasteiger partial charge in [-0.2, -0.15) is 0 Å². The van der Waals surface area contributed by atoms with Crippen molar-refractivity contribution in [2.75, 3.05) is 0 Å². The molecule has 11 aromatic rings. The molecule has 0 unspecified atom stereocenters. The van der Waals surface area contributed by atoms with E-state index in [9.17, 15) is 0 Å². The van der Waals surface area contributed by atoms with Crippen LogP contribution in [-0.4, -0.2) is 0 Å². The molecular formula is C48H28O2. The molecule has 2 heteroatoms. The summed E-state index contributed by atoms with van der Waals surface area (Å²) in [5, 5.41) is 11.7. The largest absolute Gasteiger partial charge is 0.452 e. The van der Waals surface area contributed by atoms with Gasteiger partial charge in [-0.3, -0.25) is 0 Å². The summed E-state index contributed by atoms with van der Waals surface area (Å²) in [6, 6.07) is 61.1. The summed E-state index contributed by atoms with van der Waals surface area (Å²) in [5.74, 6) is 0. The second kappa shape index (κ2) is 10.4. The summed E-state index contributed by atoms with van der Waals surface area (Å²) < 4.78 is 12.8. The lowest BCUT2D eigenvalue weighted by Crippen LogP contribution is -1.90. The second-order valence-electron chi connectivity index (χ2n) is 13.2.